The van der Waals surface area contributed by atoms with Crippen molar-refractivity contribution in [2.45, 2.75) is 13.0 Å². The molecule has 0 saturated carbocycles. The SMILES string of the molecule is C[C@@H](CNC(=O)NCCNc1ccccn1)N1CCOCC1. The van der Waals surface area contributed by atoms with Crippen LogP contribution in [-0.4, -0.2) is 67.9 Å². The monoisotopic (exact) mass is 307 g/mol. The lowest BCUT2D eigenvalue weighted by Crippen LogP contribution is -2.49. The summed E-state index contributed by atoms with van der Waals surface area (Å²) >= 11 is 0. The van der Waals surface area contributed by atoms with E-state index in [9.17, 15) is 4.79 Å². The number of carbonyl (C=O) groups is 1. The smallest absolute Gasteiger partial charge is 0.314 e. The molecule has 1 aromatic heterocycles. The summed E-state index contributed by atoms with van der Waals surface area (Å²) in [6.45, 7) is 7.36. The first-order chi connectivity index (χ1) is 10.8. The molecule has 1 atom stereocenters. The second-order valence-corrected chi connectivity index (χ2v) is 5.28. The van der Waals surface area contributed by atoms with Crippen molar-refractivity contribution < 1.29 is 9.53 Å². The molecule has 0 unspecified atom stereocenters. The third-order valence-electron chi connectivity index (χ3n) is 3.61. The van der Waals surface area contributed by atoms with E-state index in [1.54, 1.807) is 6.20 Å². The normalized spacial score (nSPS) is 16.8. The van der Waals surface area contributed by atoms with Crippen LogP contribution in [0.3, 0.4) is 0 Å². The number of rotatable bonds is 7. The Hall–Kier alpha value is -1.86. The van der Waals surface area contributed by atoms with Crippen LogP contribution in [0.5, 0.6) is 0 Å². The minimum atomic E-state index is -0.136. The van der Waals surface area contributed by atoms with Crippen LogP contribution in [-0.2, 0) is 4.74 Å². The van der Waals surface area contributed by atoms with Crippen LogP contribution in [0.2, 0.25) is 0 Å². The van der Waals surface area contributed by atoms with E-state index < -0.39 is 0 Å². The van der Waals surface area contributed by atoms with E-state index in [0.29, 0.717) is 25.7 Å². The summed E-state index contributed by atoms with van der Waals surface area (Å²) in [7, 11) is 0. The van der Waals surface area contributed by atoms with Crippen LogP contribution in [0.25, 0.3) is 0 Å². The lowest BCUT2D eigenvalue weighted by atomic mass is 10.2. The van der Waals surface area contributed by atoms with E-state index in [0.717, 1.165) is 32.1 Å². The highest BCUT2D eigenvalue weighted by atomic mass is 16.5. The largest absolute Gasteiger partial charge is 0.379 e. The van der Waals surface area contributed by atoms with Gasteiger partial charge in [-0.15, -0.1) is 0 Å². The zero-order chi connectivity index (χ0) is 15.6. The molecule has 0 spiro atoms. The molecule has 1 fully saturated rings. The minimum Gasteiger partial charge on any atom is -0.379 e. The summed E-state index contributed by atoms with van der Waals surface area (Å²) < 4.78 is 5.32. The van der Waals surface area contributed by atoms with Gasteiger partial charge in [-0.25, -0.2) is 9.78 Å². The second kappa shape index (κ2) is 9.22. The van der Waals surface area contributed by atoms with E-state index >= 15 is 0 Å². The molecule has 7 nitrogen and oxygen atoms in total. The summed E-state index contributed by atoms with van der Waals surface area (Å²) in [6, 6.07) is 5.86. The number of hydrogen-bond donors (Lipinski definition) is 3. The van der Waals surface area contributed by atoms with Gasteiger partial charge in [-0.2, -0.15) is 0 Å². The van der Waals surface area contributed by atoms with Crippen LogP contribution in [0.4, 0.5) is 10.6 Å². The molecule has 2 rings (SSSR count). The first kappa shape index (κ1) is 16.5. The molecule has 1 aromatic rings. The highest BCUT2D eigenvalue weighted by Crippen LogP contribution is 2.02. The first-order valence-electron chi connectivity index (χ1n) is 7.74. The number of urea groups is 1. The lowest BCUT2D eigenvalue weighted by molar-refractivity contribution is 0.0209. The fraction of sp³-hybridized carbons (Fsp3) is 0.600. The van der Waals surface area contributed by atoms with Crippen LogP contribution in [0, 0.1) is 0 Å². The first-order valence-corrected chi connectivity index (χ1v) is 7.74. The fourth-order valence-corrected chi connectivity index (χ4v) is 2.28. The van der Waals surface area contributed by atoms with E-state index in [4.69, 9.17) is 4.74 Å². The number of anilines is 1. The van der Waals surface area contributed by atoms with Gasteiger partial charge < -0.3 is 20.7 Å². The van der Waals surface area contributed by atoms with Crippen molar-refractivity contribution in [2.75, 3.05) is 51.3 Å². The highest BCUT2D eigenvalue weighted by molar-refractivity contribution is 5.73. The van der Waals surface area contributed by atoms with Crippen LogP contribution >= 0.6 is 0 Å². The van der Waals surface area contributed by atoms with Gasteiger partial charge in [-0.3, -0.25) is 4.90 Å². The number of nitrogens with zero attached hydrogens (tertiary/aromatic N) is 2. The topological polar surface area (TPSA) is 78.5 Å². The Morgan fingerprint density at radius 1 is 1.32 bits per heavy atom. The molecule has 22 heavy (non-hydrogen) atoms. The molecule has 122 valence electrons. The number of aromatic nitrogens is 1. The van der Waals surface area contributed by atoms with Crippen LogP contribution in [0.15, 0.2) is 24.4 Å². The van der Waals surface area contributed by atoms with E-state index in [2.05, 4.69) is 32.8 Å². The molecule has 7 heteroatoms. The van der Waals surface area contributed by atoms with Crippen molar-refractivity contribution in [1.82, 2.24) is 20.5 Å². The van der Waals surface area contributed by atoms with Crippen molar-refractivity contribution >= 4 is 11.8 Å². The Balaban J connectivity index is 1.54. The van der Waals surface area contributed by atoms with Crippen molar-refractivity contribution in [2.24, 2.45) is 0 Å². The van der Waals surface area contributed by atoms with Gasteiger partial charge in [-0.1, -0.05) is 6.07 Å². The summed E-state index contributed by atoms with van der Waals surface area (Å²) in [5.74, 6) is 0.811. The summed E-state index contributed by atoms with van der Waals surface area (Å²) in [4.78, 5) is 18.2. The maximum absolute atomic E-state index is 11.7. The molecule has 2 amide bonds. The van der Waals surface area contributed by atoms with Gasteiger partial charge in [-0.05, 0) is 19.1 Å². The third kappa shape index (κ3) is 5.87. The predicted octanol–water partition coefficient (Wildman–Crippen LogP) is 0.513. The molecule has 0 radical (unpaired) electrons. The molecule has 2 heterocycles. The Labute approximate surface area is 131 Å². The van der Waals surface area contributed by atoms with Crippen molar-refractivity contribution in [1.29, 1.82) is 0 Å². The Bertz CT molecular complexity index is 437. The number of hydrogen-bond acceptors (Lipinski definition) is 5. The quantitative estimate of drug-likeness (QED) is 0.640. The Morgan fingerprint density at radius 2 is 2.14 bits per heavy atom. The Morgan fingerprint density at radius 3 is 2.86 bits per heavy atom. The van der Waals surface area contributed by atoms with Gasteiger partial charge in [0, 0.05) is 45.0 Å². The van der Waals surface area contributed by atoms with Crippen molar-refractivity contribution in [3.8, 4) is 0 Å². The number of ether oxygens (including phenoxy) is 1. The number of carbonyl (C=O) groups excluding carboxylic acids is 1. The molecule has 1 aliphatic rings. The third-order valence-corrected chi connectivity index (χ3v) is 3.61. The molecule has 0 bridgehead atoms. The van der Waals surface area contributed by atoms with Gasteiger partial charge in [0.15, 0.2) is 0 Å². The van der Waals surface area contributed by atoms with Gasteiger partial charge in [0.05, 0.1) is 13.2 Å². The molecule has 3 N–H and O–H groups in total. The summed E-state index contributed by atoms with van der Waals surface area (Å²) in [5.41, 5.74) is 0. The van der Waals surface area contributed by atoms with Crippen molar-refractivity contribution in [3.05, 3.63) is 24.4 Å². The van der Waals surface area contributed by atoms with Crippen LogP contribution in [0.1, 0.15) is 6.92 Å². The maximum Gasteiger partial charge on any atom is 0.314 e. The summed E-state index contributed by atoms with van der Waals surface area (Å²) in [5, 5.41) is 8.87. The highest BCUT2D eigenvalue weighted by Gasteiger charge is 2.17. The van der Waals surface area contributed by atoms with Gasteiger partial charge >= 0.3 is 6.03 Å². The molecule has 1 saturated heterocycles. The minimum absolute atomic E-state index is 0.136. The van der Waals surface area contributed by atoms with Crippen LogP contribution < -0.4 is 16.0 Å². The second-order valence-electron chi connectivity index (χ2n) is 5.28. The van der Waals surface area contributed by atoms with E-state index in [1.165, 1.54) is 0 Å². The molecule has 1 aliphatic heterocycles. The fourth-order valence-electron chi connectivity index (χ4n) is 2.28. The average Bonchev–Trinajstić information content (AvgIpc) is 2.58. The van der Waals surface area contributed by atoms with Crippen molar-refractivity contribution in [3.63, 3.8) is 0 Å². The number of amides is 2. The van der Waals surface area contributed by atoms with E-state index in [-0.39, 0.29) is 6.03 Å². The number of nitrogens with one attached hydrogen (secondary N) is 3. The lowest BCUT2D eigenvalue weighted by Gasteiger charge is -2.32. The van der Waals surface area contributed by atoms with E-state index in [1.807, 2.05) is 18.2 Å². The summed E-state index contributed by atoms with van der Waals surface area (Å²) in [6.07, 6.45) is 1.73. The molecular weight excluding hydrogens is 282 g/mol. The number of morpholine rings is 1. The zero-order valence-corrected chi connectivity index (χ0v) is 13.0. The molecular formula is C15H25N5O2. The maximum atomic E-state index is 11.7. The zero-order valence-electron chi connectivity index (χ0n) is 13.0. The standard InChI is InChI=1S/C15H25N5O2/c1-13(20-8-10-22-11-9-20)12-19-15(21)18-7-6-17-14-4-2-3-5-16-14/h2-5,13H,6-12H2,1H3,(H,16,17)(H2,18,19,21)/t13-/m0/s1. The molecule has 0 aliphatic carbocycles. The Kier molecular flexibility index (Phi) is 6.92. The average molecular weight is 307 g/mol. The number of pyridine rings is 1. The molecule has 0 aromatic carbocycles. The van der Waals surface area contributed by atoms with Gasteiger partial charge in [0.2, 0.25) is 0 Å². The predicted molar refractivity (Wildman–Crippen MR) is 86.0 cm³/mol. The van der Waals surface area contributed by atoms with Gasteiger partial charge in [0.25, 0.3) is 0 Å². The van der Waals surface area contributed by atoms with Gasteiger partial charge in [0.1, 0.15) is 5.82 Å².